The van der Waals surface area contributed by atoms with E-state index in [0.29, 0.717) is 55.8 Å². The number of rotatable bonds is 11. The molecule has 158 valence electrons. The molecule has 6 nitrogen and oxygen atoms in total. The Morgan fingerprint density at radius 2 is 1.83 bits per heavy atom. The van der Waals surface area contributed by atoms with E-state index in [0.717, 1.165) is 6.42 Å². The summed E-state index contributed by atoms with van der Waals surface area (Å²) in [4.78, 5) is 14.4. The second kappa shape index (κ2) is 13.3. The summed E-state index contributed by atoms with van der Waals surface area (Å²) in [5.74, 6) is 0.384. The van der Waals surface area contributed by atoms with Crippen molar-refractivity contribution in [2.75, 3.05) is 32.9 Å². The molecular formula is C23H27N3O3S. The van der Waals surface area contributed by atoms with Gasteiger partial charge in [-0.15, -0.1) is 0 Å². The highest BCUT2D eigenvalue weighted by Gasteiger charge is 2.14. The average Bonchev–Trinajstić information content (AvgIpc) is 2.77. The van der Waals surface area contributed by atoms with Gasteiger partial charge in [-0.2, -0.15) is 5.26 Å². The Bertz CT molecular complexity index is 835. The van der Waals surface area contributed by atoms with Gasteiger partial charge in [0.05, 0.1) is 19.1 Å². The van der Waals surface area contributed by atoms with E-state index >= 15 is 0 Å². The molecule has 0 unspecified atom stereocenters. The van der Waals surface area contributed by atoms with Crippen molar-refractivity contribution < 1.29 is 14.3 Å². The molecule has 2 aromatic carbocycles. The van der Waals surface area contributed by atoms with E-state index in [1.807, 2.05) is 42.2 Å². The lowest BCUT2D eigenvalue weighted by molar-refractivity contribution is 0.0973. The van der Waals surface area contributed by atoms with Crippen LogP contribution in [0.15, 0.2) is 54.6 Å². The van der Waals surface area contributed by atoms with Crippen molar-refractivity contribution in [3.8, 4) is 11.8 Å². The third-order valence-corrected chi connectivity index (χ3v) is 4.69. The Morgan fingerprint density at radius 3 is 2.50 bits per heavy atom. The number of carbonyl (C=O) groups is 1. The first-order valence-corrected chi connectivity index (χ1v) is 10.4. The van der Waals surface area contributed by atoms with Crippen LogP contribution in [0.3, 0.4) is 0 Å². The molecule has 0 radical (unpaired) electrons. The molecular weight excluding hydrogens is 398 g/mol. The van der Waals surface area contributed by atoms with E-state index in [9.17, 15) is 4.79 Å². The molecule has 1 amide bonds. The maximum Gasteiger partial charge on any atom is 0.257 e. The van der Waals surface area contributed by atoms with Crippen LogP contribution in [0.2, 0.25) is 0 Å². The average molecular weight is 426 g/mol. The standard InChI is InChI=1S/C23H27N3O3S/c1-2-28-17-18-29-21-11-9-20(10-12-21)22(27)25-23(30)26(15-6-14-24)16-13-19-7-4-3-5-8-19/h3-5,7-12H,2,6,13,15-18H2,1H3,(H,25,27,30). The molecule has 0 aliphatic rings. The molecule has 2 rings (SSSR count). The smallest absolute Gasteiger partial charge is 0.257 e. The number of ether oxygens (including phenoxy) is 2. The zero-order valence-electron chi connectivity index (χ0n) is 17.2. The molecule has 0 fully saturated rings. The number of nitriles is 1. The van der Waals surface area contributed by atoms with Gasteiger partial charge < -0.3 is 14.4 Å². The van der Waals surface area contributed by atoms with Gasteiger partial charge in [0, 0.05) is 25.3 Å². The van der Waals surface area contributed by atoms with E-state index in [1.165, 1.54) is 5.56 Å². The minimum absolute atomic E-state index is 0.289. The summed E-state index contributed by atoms with van der Waals surface area (Å²) in [7, 11) is 0. The fourth-order valence-corrected chi connectivity index (χ4v) is 3.00. The highest BCUT2D eigenvalue weighted by molar-refractivity contribution is 7.80. The first-order chi connectivity index (χ1) is 14.6. The fourth-order valence-electron chi connectivity index (χ4n) is 2.72. The molecule has 2 aromatic rings. The number of amides is 1. The lowest BCUT2D eigenvalue weighted by atomic mass is 10.1. The molecule has 0 atom stereocenters. The first kappa shape index (κ1) is 23.3. The Hall–Kier alpha value is -2.95. The molecule has 0 aliphatic carbocycles. The summed E-state index contributed by atoms with van der Waals surface area (Å²) >= 11 is 5.43. The SMILES string of the molecule is CCOCCOc1ccc(C(=O)NC(=S)N(CCC#N)CCc2ccccc2)cc1. The Labute approximate surface area is 183 Å². The molecule has 0 spiro atoms. The minimum Gasteiger partial charge on any atom is -0.491 e. The van der Waals surface area contributed by atoms with E-state index in [4.69, 9.17) is 27.0 Å². The van der Waals surface area contributed by atoms with E-state index in [2.05, 4.69) is 11.4 Å². The van der Waals surface area contributed by atoms with Crippen LogP contribution in [0.25, 0.3) is 0 Å². The largest absolute Gasteiger partial charge is 0.491 e. The second-order valence-electron chi connectivity index (χ2n) is 6.46. The fraction of sp³-hybridized carbons (Fsp3) is 0.348. The lowest BCUT2D eigenvalue weighted by Gasteiger charge is -2.24. The highest BCUT2D eigenvalue weighted by Crippen LogP contribution is 2.12. The summed E-state index contributed by atoms with van der Waals surface area (Å²) in [5.41, 5.74) is 1.66. The van der Waals surface area contributed by atoms with Crippen LogP contribution in [-0.2, 0) is 11.2 Å². The van der Waals surface area contributed by atoms with Crippen molar-refractivity contribution in [3.05, 3.63) is 65.7 Å². The summed E-state index contributed by atoms with van der Waals surface area (Å²) in [6, 6.07) is 19.0. The van der Waals surface area contributed by atoms with Gasteiger partial charge in [-0.1, -0.05) is 30.3 Å². The predicted octanol–water partition coefficient (Wildman–Crippen LogP) is 3.57. The molecule has 0 saturated carbocycles. The van der Waals surface area contributed by atoms with Crippen LogP contribution in [-0.4, -0.2) is 48.8 Å². The molecule has 1 N–H and O–H groups in total. The summed E-state index contributed by atoms with van der Waals surface area (Å²) in [6.45, 7) is 4.65. The van der Waals surface area contributed by atoms with E-state index < -0.39 is 0 Å². The van der Waals surface area contributed by atoms with Gasteiger partial charge in [-0.3, -0.25) is 10.1 Å². The van der Waals surface area contributed by atoms with Gasteiger partial charge in [-0.25, -0.2) is 0 Å². The third-order valence-electron chi connectivity index (χ3n) is 4.33. The molecule has 0 bridgehead atoms. The van der Waals surface area contributed by atoms with E-state index in [1.54, 1.807) is 24.3 Å². The van der Waals surface area contributed by atoms with Gasteiger partial charge in [-0.05, 0) is 55.4 Å². The minimum atomic E-state index is -0.289. The number of nitrogens with one attached hydrogen (secondary N) is 1. The second-order valence-corrected chi connectivity index (χ2v) is 6.85. The van der Waals surface area contributed by atoms with Gasteiger partial charge in [0.1, 0.15) is 12.4 Å². The van der Waals surface area contributed by atoms with Crippen molar-refractivity contribution in [1.29, 1.82) is 5.26 Å². The van der Waals surface area contributed by atoms with Crippen LogP contribution in [0.4, 0.5) is 0 Å². The lowest BCUT2D eigenvalue weighted by Crippen LogP contribution is -2.44. The van der Waals surface area contributed by atoms with E-state index in [-0.39, 0.29) is 5.91 Å². The number of thiocarbonyl (C=S) groups is 1. The van der Waals surface area contributed by atoms with Crippen molar-refractivity contribution in [1.82, 2.24) is 10.2 Å². The van der Waals surface area contributed by atoms with Crippen LogP contribution < -0.4 is 10.1 Å². The molecule has 0 aliphatic heterocycles. The summed E-state index contributed by atoms with van der Waals surface area (Å²) < 4.78 is 10.8. The molecule has 30 heavy (non-hydrogen) atoms. The van der Waals surface area contributed by atoms with Crippen LogP contribution in [0.1, 0.15) is 29.3 Å². The molecule has 0 saturated heterocycles. The maximum absolute atomic E-state index is 12.6. The Morgan fingerprint density at radius 1 is 1.10 bits per heavy atom. The normalized spacial score (nSPS) is 10.1. The monoisotopic (exact) mass is 425 g/mol. The molecule has 0 heterocycles. The number of hydrogen-bond donors (Lipinski definition) is 1. The Balaban J connectivity index is 1.90. The zero-order chi connectivity index (χ0) is 21.6. The molecule has 7 heteroatoms. The number of nitrogens with zero attached hydrogens (tertiary/aromatic N) is 2. The number of benzene rings is 2. The molecule has 0 aromatic heterocycles. The highest BCUT2D eigenvalue weighted by atomic mass is 32.1. The number of carbonyl (C=O) groups excluding carboxylic acids is 1. The third kappa shape index (κ3) is 8.19. The van der Waals surface area contributed by atoms with Crippen molar-refractivity contribution in [3.63, 3.8) is 0 Å². The van der Waals surface area contributed by atoms with Crippen LogP contribution in [0.5, 0.6) is 5.75 Å². The van der Waals surface area contributed by atoms with Crippen molar-refractivity contribution in [2.24, 2.45) is 0 Å². The zero-order valence-corrected chi connectivity index (χ0v) is 18.0. The number of hydrogen-bond acceptors (Lipinski definition) is 5. The van der Waals surface area contributed by atoms with Crippen LogP contribution >= 0.6 is 12.2 Å². The quantitative estimate of drug-likeness (QED) is 0.438. The Kier molecular flexibility index (Phi) is 10.3. The van der Waals surface area contributed by atoms with Crippen molar-refractivity contribution >= 4 is 23.2 Å². The van der Waals surface area contributed by atoms with Crippen LogP contribution in [0, 0.1) is 11.3 Å². The van der Waals surface area contributed by atoms with Gasteiger partial charge in [0.25, 0.3) is 5.91 Å². The first-order valence-electron chi connectivity index (χ1n) is 9.95. The van der Waals surface area contributed by atoms with Gasteiger partial charge in [0.2, 0.25) is 0 Å². The van der Waals surface area contributed by atoms with Gasteiger partial charge >= 0.3 is 0 Å². The predicted molar refractivity (Wildman–Crippen MR) is 120 cm³/mol. The summed E-state index contributed by atoms with van der Waals surface area (Å²) in [6.07, 6.45) is 1.11. The summed E-state index contributed by atoms with van der Waals surface area (Å²) in [5, 5.41) is 12.0. The maximum atomic E-state index is 12.6. The van der Waals surface area contributed by atoms with Crippen molar-refractivity contribution in [2.45, 2.75) is 19.8 Å². The van der Waals surface area contributed by atoms with Gasteiger partial charge in [0.15, 0.2) is 5.11 Å². The topological polar surface area (TPSA) is 74.6 Å².